The van der Waals surface area contributed by atoms with Gasteiger partial charge in [-0.25, -0.2) is 9.69 Å². The third-order valence-electron chi connectivity index (χ3n) is 3.56. The van der Waals surface area contributed by atoms with Crippen LogP contribution in [0.2, 0.25) is 5.02 Å². The minimum atomic E-state index is -1.07. The third-order valence-corrected chi connectivity index (χ3v) is 5.06. The van der Waals surface area contributed by atoms with Crippen LogP contribution < -0.4 is 4.90 Å². The van der Waals surface area contributed by atoms with Crippen molar-refractivity contribution in [1.29, 1.82) is 0 Å². The predicted molar refractivity (Wildman–Crippen MR) is 91.6 cm³/mol. The molecule has 0 aliphatic carbocycles. The molecule has 0 radical (unpaired) electrons. The molecule has 3 rings (SSSR count). The van der Waals surface area contributed by atoms with Crippen LogP contribution in [0.1, 0.15) is 16.8 Å². The zero-order valence-corrected chi connectivity index (χ0v) is 13.9. The molecule has 7 heteroatoms. The number of hydrogen-bond acceptors (Lipinski definition) is 4. The summed E-state index contributed by atoms with van der Waals surface area (Å²) < 4.78 is 0. The lowest BCUT2D eigenvalue weighted by Crippen LogP contribution is -2.31. The second-order valence-electron chi connectivity index (χ2n) is 5.16. The van der Waals surface area contributed by atoms with Gasteiger partial charge in [0.25, 0.3) is 0 Å². The fraction of sp³-hybridized carbons (Fsp3) is 0.118. The molecule has 0 aromatic heterocycles. The van der Waals surface area contributed by atoms with Gasteiger partial charge < -0.3 is 5.11 Å². The van der Waals surface area contributed by atoms with Crippen molar-refractivity contribution >= 4 is 46.8 Å². The summed E-state index contributed by atoms with van der Waals surface area (Å²) in [7, 11) is 0. The summed E-state index contributed by atoms with van der Waals surface area (Å²) in [6.07, 6.45) is 0.0178. The SMILES string of the molecule is O=C(O)c1ccccc1S[C@@H]1CC(=O)N(c2cccc(Cl)c2)C1=O. The summed E-state index contributed by atoms with van der Waals surface area (Å²) in [5, 5.41) is 9.00. The number of rotatable bonds is 4. The lowest BCUT2D eigenvalue weighted by atomic mass is 10.2. The van der Waals surface area contributed by atoms with Crippen LogP contribution in [0.4, 0.5) is 5.69 Å². The van der Waals surface area contributed by atoms with E-state index in [0.717, 1.165) is 16.7 Å². The number of hydrogen-bond donors (Lipinski definition) is 1. The van der Waals surface area contributed by atoms with Gasteiger partial charge in [-0.15, -0.1) is 11.8 Å². The normalized spacial score (nSPS) is 17.4. The standard InChI is InChI=1S/C17H12ClNO4S/c18-10-4-3-5-11(8-10)19-15(20)9-14(16(19)21)24-13-7-2-1-6-12(13)17(22)23/h1-8,14H,9H2,(H,22,23)/t14-/m1/s1. The molecule has 2 amide bonds. The predicted octanol–water partition coefficient (Wildman–Crippen LogP) is 3.46. The molecule has 2 aromatic carbocycles. The Hall–Kier alpha value is -2.31. The van der Waals surface area contributed by atoms with E-state index in [2.05, 4.69) is 0 Å². The van der Waals surface area contributed by atoms with Crippen LogP contribution in [-0.2, 0) is 9.59 Å². The highest BCUT2D eigenvalue weighted by Gasteiger charge is 2.40. The van der Waals surface area contributed by atoms with Gasteiger partial charge in [0.1, 0.15) is 0 Å². The number of carbonyl (C=O) groups is 3. The molecule has 122 valence electrons. The minimum absolute atomic E-state index is 0.0178. The molecular formula is C17H12ClNO4S. The van der Waals surface area contributed by atoms with Crippen LogP contribution in [0.5, 0.6) is 0 Å². The average molecular weight is 362 g/mol. The molecule has 1 atom stereocenters. The van der Waals surface area contributed by atoms with Gasteiger partial charge in [0.2, 0.25) is 11.8 Å². The van der Waals surface area contributed by atoms with Crippen molar-refractivity contribution in [3.63, 3.8) is 0 Å². The monoisotopic (exact) mass is 361 g/mol. The Morgan fingerprint density at radius 2 is 1.92 bits per heavy atom. The van der Waals surface area contributed by atoms with E-state index in [1.807, 2.05) is 0 Å². The van der Waals surface area contributed by atoms with Crippen molar-refractivity contribution in [2.24, 2.45) is 0 Å². The van der Waals surface area contributed by atoms with Crippen molar-refractivity contribution in [1.82, 2.24) is 0 Å². The summed E-state index contributed by atoms with van der Waals surface area (Å²) in [6, 6.07) is 12.9. The molecular weight excluding hydrogens is 350 g/mol. The number of benzene rings is 2. The number of halogens is 1. The Balaban J connectivity index is 1.86. The lowest BCUT2D eigenvalue weighted by molar-refractivity contribution is -0.121. The first-order valence-electron chi connectivity index (χ1n) is 7.08. The van der Waals surface area contributed by atoms with Crippen molar-refractivity contribution in [2.45, 2.75) is 16.6 Å². The van der Waals surface area contributed by atoms with Crippen molar-refractivity contribution < 1.29 is 19.5 Å². The van der Waals surface area contributed by atoms with Gasteiger partial charge >= 0.3 is 5.97 Å². The second-order valence-corrected chi connectivity index (χ2v) is 6.84. The highest BCUT2D eigenvalue weighted by Crippen LogP contribution is 2.35. The van der Waals surface area contributed by atoms with E-state index in [-0.39, 0.29) is 23.8 Å². The molecule has 0 bridgehead atoms. The number of anilines is 1. The summed E-state index contributed by atoms with van der Waals surface area (Å²) >= 11 is 7.02. The number of thioether (sulfide) groups is 1. The molecule has 1 aliphatic heterocycles. The second kappa shape index (κ2) is 6.67. The van der Waals surface area contributed by atoms with E-state index in [1.165, 1.54) is 6.07 Å². The molecule has 5 nitrogen and oxygen atoms in total. The van der Waals surface area contributed by atoms with Crippen LogP contribution in [0, 0.1) is 0 Å². The summed E-state index contributed by atoms with van der Waals surface area (Å²) in [5.41, 5.74) is 0.538. The van der Waals surface area contributed by atoms with Crippen molar-refractivity contribution in [3.8, 4) is 0 Å². The Morgan fingerprint density at radius 3 is 2.62 bits per heavy atom. The van der Waals surface area contributed by atoms with Gasteiger partial charge in [-0.05, 0) is 30.3 Å². The molecule has 1 heterocycles. The number of carboxylic acids is 1. The summed E-state index contributed by atoms with van der Waals surface area (Å²) in [5.74, 6) is -1.76. The van der Waals surface area contributed by atoms with Gasteiger partial charge in [0.15, 0.2) is 0 Å². The Bertz CT molecular complexity index is 839. The van der Waals surface area contributed by atoms with Crippen molar-refractivity contribution in [3.05, 3.63) is 59.1 Å². The lowest BCUT2D eigenvalue weighted by Gasteiger charge is -2.15. The maximum atomic E-state index is 12.6. The third kappa shape index (κ3) is 3.16. The van der Waals surface area contributed by atoms with Gasteiger partial charge in [-0.3, -0.25) is 9.59 Å². The number of carboxylic acid groups (broad SMARTS) is 1. The highest BCUT2D eigenvalue weighted by atomic mass is 35.5. The molecule has 2 aromatic rings. The van der Waals surface area contributed by atoms with Gasteiger partial charge in [0, 0.05) is 16.3 Å². The van der Waals surface area contributed by atoms with E-state index < -0.39 is 11.2 Å². The van der Waals surface area contributed by atoms with Crippen molar-refractivity contribution in [2.75, 3.05) is 4.90 Å². The maximum absolute atomic E-state index is 12.6. The number of imide groups is 1. The Morgan fingerprint density at radius 1 is 1.17 bits per heavy atom. The number of aromatic carboxylic acids is 1. The van der Waals surface area contributed by atoms with E-state index in [1.54, 1.807) is 42.5 Å². The smallest absolute Gasteiger partial charge is 0.336 e. The van der Waals surface area contributed by atoms with E-state index >= 15 is 0 Å². The molecule has 0 spiro atoms. The molecule has 1 N–H and O–H groups in total. The molecule has 1 fully saturated rings. The molecule has 0 saturated carbocycles. The van der Waals surface area contributed by atoms with Gasteiger partial charge in [-0.2, -0.15) is 0 Å². The Kier molecular flexibility index (Phi) is 4.59. The molecule has 1 saturated heterocycles. The molecule has 1 aliphatic rings. The van der Waals surface area contributed by atoms with E-state index in [9.17, 15) is 19.5 Å². The quantitative estimate of drug-likeness (QED) is 0.844. The summed E-state index contributed by atoms with van der Waals surface area (Å²) in [6.45, 7) is 0. The van der Waals surface area contributed by atoms with Crippen LogP contribution >= 0.6 is 23.4 Å². The van der Waals surface area contributed by atoms with E-state index in [0.29, 0.717) is 15.6 Å². The largest absolute Gasteiger partial charge is 0.478 e. The zero-order valence-electron chi connectivity index (χ0n) is 12.3. The fourth-order valence-corrected chi connectivity index (χ4v) is 3.84. The number of carbonyl (C=O) groups excluding carboxylic acids is 2. The minimum Gasteiger partial charge on any atom is -0.478 e. The molecule has 0 unspecified atom stereocenters. The van der Waals surface area contributed by atoms with Crippen LogP contribution in [0.3, 0.4) is 0 Å². The summed E-state index contributed by atoms with van der Waals surface area (Å²) in [4.78, 5) is 37.7. The van der Waals surface area contributed by atoms with Crippen LogP contribution in [0.25, 0.3) is 0 Å². The van der Waals surface area contributed by atoms with Gasteiger partial charge in [-0.1, -0.05) is 29.8 Å². The molecule has 24 heavy (non-hydrogen) atoms. The topological polar surface area (TPSA) is 74.7 Å². The maximum Gasteiger partial charge on any atom is 0.336 e. The number of nitrogens with zero attached hydrogens (tertiary/aromatic N) is 1. The van der Waals surface area contributed by atoms with Crippen LogP contribution in [-0.4, -0.2) is 28.1 Å². The van der Waals surface area contributed by atoms with Crippen LogP contribution in [0.15, 0.2) is 53.4 Å². The zero-order chi connectivity index (χ0) is 17.3. The first-order chi connectivity index (χ1) is 11.5. The first kappa shape index (κ1) is 16.5. The number of amides is 2. The van der Waals surface area contributed by atoms with E-state index in [4.69, 9.17) is 11.6 Å². The van der Waals surface area contributed by atoms with Gasteiger partial charge in [0.05, 0.1) is 16.5 Å². The fourth-order valence-electron chi connectivity index (χ4n) is 2.48. The highest BCUT2D eigenvalue weighted by molar-refractivity contribution is 8.00. The first-order valence-corrected chi connectivity index (χ1v) is 8.34. The average Bonchev–Trinajstić information content (AvgIpc) is 2.81. The Labute approximate surface area is 147 Å².